The fourth-order valence-electron chi connectivity index (χ4n) is 2.39. The van der Waals surface area contributed by atoms with E-state index >= 15 is 0 Å². The van der Waals surface area contributed by atoms with E-state index in [2.05, 4.69) is 5.92 Å². The van der Waals surface area contributed by atoms with E-state index < -0.39 is 0 Å². The van der Waals surface area contributed by atoms with Crippen LogP contribution < -0.4 is 9.47 Å². The Labute approximate surface area is 130 Å². The minimum absolute atomic E-state index is 0.0415. The maximum absolute atomic E-state index is 12.2. The number of hydrogen-bond acceptors (Lipinski definition) is 4. The van der Waals surface area contributed by atoms with Crippen LogP contribution in [0.4, 0.5) is 0 Å². The Bertz CT molecular complexity index is 583. The highest BCUT2D eigenvalue weighted by Gasteiger charge is 2.28. The van der Waals surface area contributed by atoms with Crippen molar-refractivity contribution < 1.29 is 19.1 Å². The Morgan fingerprint density at radius 2 is 1.91 bits per heavy atom. The quantitative estimate of drug-likeness (QED) is 0.484. The number of benzene rings is 1. The van der Waals surface area contributed by atoms with Gasteiger partial charge >= 0.3 is 5.97 Å². The molecule has 1 aliphatic heterocycles. The second-order valence-electron chi connectivity index (χ2n) is 5.14. The summed E-state index contributed by atoms with van der Waals surface area (Å²) >= 11 is 0. The summed E-state index contributed by atoms with van der Waals surface area (Å²) in [5.41, 5.74) is 0. The van der Waals surface area contributed by atoms with Crippen molar-refractivity contribution in [3.05, 3.63) is 24.3 Å². The Hall–Kier alpha value is -2.48. The largest absolute Gasteiger partial charge is 0.477 e. The van der Waals surface area contributed by atoms with Crippen molar-refractivity contribution in [2.24, 2.45) is 5.92 Å². The van der Waals surface area contributed by atoms with Gasteiger partial charge in [0.05, 0.1) is 5.92 Å². The van der Waals surface area contributed by atoms with E-state index in [0.717, 1.165) is 0 Å². The summed E-state index contributed by atoms with van der Waals surface area (Å²) in [5.74, 6) is 2.75. The van der Waals surface area contributed by atoms with Crippen LogP contribution in [0.1, 0.15) is 19.8 Å². The maximum Gasteiger partial charge on any atom is 0.314 e. The molecule has 1 heterocycles. The molecule has 0 atom stereocenters. The summed E-state index contributed by atoms with van der Waals surface area (Å²) in [6.45, 7) is 2.83. The van der Waals surface area contributed by atoms with Crippen molar-refractivity contribution in [3.63, 3.8) is 0 Å². The molecule has 1 aromatic rings. The smallest absolute Gasteiger partial charge is 0.314 e. The standard InChI is InChI=1S/C17H19NO4/c1-3-12-21-15-6-4-5-7-16(15)22-17(20)14-8-10-18(11-9-14)13(2)19/h1,4-7,14H,8-12H2,2H3. The maximum atomic E-state index is 12.2. The Kier molecular flexibility index (Phi) is 5.42. The molecular formula is C17H19NO4. The molecule has 0 unspecified atom stereocenters. The summed E-state index contributed by atoms with van der Waals surface area (Å²) in [6, 6.07) is 6.94. The Morgan fingerprint density at radius 1 is 1.27 bits per heavy atom. The van der Waals surface area contributed by atoms with Gasteiger partial charge in [0.2, 0.25) is 5.91 Å². The minimum atomic E-state index is -0.292. The summed E-state index contributed by atoms with van der Waals surface area (Å²) in [5, 5.41) is 0. The van der Waals surface area contributed by atoms with Crippen LogP contribution in [0.15, 0.2) is 24.3 Å². The van der Waals surface area contributed by atoms with Crippen molar-refractivity contribution in [2.75, 3.05) is 19.7 Å². The van der Waals surface area contributed by atoms with Crippen LogP contribution in [0.3, 0.4) is 0 Å². The molecule has 0 bridgehead atoms. The minimum Gasteiger partial charge on any atom is -0.477 e. The van der Waals surface area contributed by atoms with E-state index in [1.165, 1.54) is 6.92 Å². The highest BCUT2D eigenvalue weighted by molar-refractivity contribution is 5.77. The second kappa shape index (κ2) is 7.51. The van der Waals surface area contributed by atoms with Crippen LogP contribution in [0.2, 0.25) is 0 Å². The van der Waals surface area contributed by atoms with Gasteiger partial charge in [0.15, 0.2) is 11.5 Å². The number of piperidine rings is 1. The molecule has 5 nitrogen and oxygen atoms in total. The lowest BCUT2D eigenvalue weighted by Gasteiger charge is -2.30. The summed E-state index contributed by atoms with van der Waals surface area (Å²) in [4.78, 5) is 25.3. The highest BCUT2D eigenvalue weighted by atomic mass is 16.6. The molecule has 22 heavy (non-hydrogen) atoms. The summed E-state index contributed by atoms with van der Waals surface area (Å²) in [7, 11) is 0. The van der Waals surface area contributed by atoms with Gasteiger partial charge in [-0.3, -0.25) is 9.59 Å². The average Bonchev–Trinajstić information content (AvgIpc) is 2.54. The first-order valence-electron chi connectivity index (χ1n) is 7.24. The molecule has 0 spiro atoms. The molecule has 1 aromatic carbocycles. The van der Waals surface area contributed by atoms with Gasteiger partial charge in [0.25, 0.3) is 0 Å². The SMILES string of the molecule is C#CCOc1ccccc1OC(=O)C1CCN(C(C)=O)CC1. The Balaban J connectivity index is 1.95. The molecule has 2 rings (SSSR count). The molecule has 5 heteroatoms. The van der Waals surface area contributed by atoms with E-state index in [1.54, 1.807) is 29.2 Å². The van der Waals surface area contributed by atoms with Crippen LogP contribution >= 0.6 is 0 Å². The average molecular weight is 301 g/mol. The number of nitrogens with zero attached hydrogens (tertiary/aromatic N) is 1. The predicted molar refractivity (Wildman–Crippen MR) is 81.4 cm³/mol. The van der Waals surface area contributed by atoms with Crippen molar-refractivity contribution in [3.8, 4) is 23.8 Å². The first-order valence-corrected chi connectivity index (χ1v) is 7.24. The van der Waals surface area contributed by atoms with Gasteiger partial charge in [-0.05, 0) is 25.0 Å². The van der Waals surface area contributed by atoms with E-state index in [1.807, 2.05) is 0 Å². The fraction of sp³-hybridized carbons (Fsp3) is 0.412. The van der Waals surface area contributed by atoms with Crippen molar-refractivity contribution in [2.45, 2.75) is 19.8 Å². The molecule has 1 amide bonds. The molecule has 0 aliphatic carbocycles. The summed E-state index contributed by atoms with van der Waals surface area (Å²) < 4.78 is 10.8. The first-order chi connectivity index (χ1) is 10.6. The zero-order chi connectivity index (χ0) is 15.9. The van der Waals surface area contributed by atoms with Gasteiger partial charge < -0.3 is 14.4 Å². The predicted octanol–water partition coefficient (Wildman–Crippen LogP) is 1.86. The third kappa shape index (κ3) is 4.01. The molecule has 1 saturated heterocycles. The lowest BCUT2D eigenvalue weighted by atomic mass is 9.97. The number of carbonyl (C=O) groups is 2. The van der Waals surface area contributed by atoms with Gasteiger partial charge in [-0.15, -0.1) is 6.42 Å². The number of amides is 1. The molecule has 116 valence electrons. The first kappa shape index (κ1) is 15.9. The van der Waals surface area contributed by atoms with Crippen molar-refractivity contribution in [1.29, 1.82) is 0 Å². The fourth-order valence-corrected chi connectivity index (χ4v) is 2.39. The molecular weight excluding hydrogens is 282 g/mol. The normalized spacial score (nSPS) is 15.0. The lowest BCUT2D eigenvalue weighted by molar-refractivity contribution is -0.143. The number of hydrogen-bond donors (Lipinski definition) is 0. The van der Waals surface area contributed by atoms with Crippen LogP contribution in [0.5, 0.6) is 11.5 Å². The molecule has 0 aromatic heterocycles. The van der Waals surface area contributed by atoms with Gasteiger partial charge in [0, 0.05) is 20.0 Å². The zero-order valence-corrected chi connectivity index (χ0v) is 12.6. The van der Waals surface area contributed by atoms with Crippen LogP contribution in [0.25, 0.3) is 0 Å². The van der Waals surface area contributed by atoms with Crippen molar-refractivity contribution >= 4 is 11.9 Å². The van der Waals surface area contributed by atoms with Gasteiger partial charge in [0.1, 0.15) is 6.61 Å². The summed E-state index contributed by atoms with van der Waals surface area (Å²) in [6.07, 6.45) is 6.40. The molecule has 1 aliphatic rings. The number of esters is 1. The lowest BCUT2D eigenvalue weighted by Crippen LogP contribution is -2.40. The van der Waals surface area contributed by atoms with Crippen LogP contribution in [0, 0.1) is 18.3 Å². The van der Waals surface area contributed by atoms with Gasteiger partial charge in [-0.2, -0.15) is 0 Å². The number of para-hydroxylation sites is 2. The van der Waals surface area contributed by atoms with E-state index in [0.29, 0.717) is 37.4 Å². The molecule has 0 saturated carbocycles. The third-order valence-electron chi connectivity index (χ3n) is 3.64. The highest BCUT2D eigenvalue weighted by Crippen LogP contribution is 2.28. The number of likely N-dealkylation sites (tertiary alicyclic amines) is 1. The number of rotatable bonds is 4. The third-order valence-corrected chi connectivity index (χ3v) is 3.64. The van der Waals surface area contributed by atoms with E-state index in [9.17, 15) is 9.59 Å². The molecule has 0 N–H and O–H groups in total. The molecule has 1 fully saturated rings. The van der Waals surface area contributed by atoms with Gasteiger partial charge in [-0.25, -0.2) is 0 Å². The molecule has 0 radical (unpaired) electrons. The number of terminal acetylenes is 1. The topological polar surface area (TPSA) is 55.8 Å². The van der Waals surface area contributed by atoms with E-state index in [4.69, 9.17) is 15.9 Å². The number of carbonyl (C=O) groups excluding carboxylic acids is 2. The Morgan fingerprint density at radius 3 is 2.50 bits per heavy atom. The van der Waals surface area contributed by atoms with Crippen LogP contribution in [-0.2, 0) is 9.59 Å². The van der Waals surface area contributed by atoms with Crippen LogP contribution in [-0.4, -0.2) is 36.5 Å². The number of ether oxygens (including phenoxy) is 2. The zero-order valence-electron chi connectivity index (χ0n) is 12.6. The monoisotopic (exact) mass is 301 g/mol. The van der Waals surface area contributed by atoms with E-state index in [-0.39, 0.29) is 24.4 Å². The van der Waals surface area contributed by atoms with Gasteiger partial charge in [-0.1, -0.05) is 18.1 Å². The second-order valence-corrected chi connectivity index (χ2v) is 5.14. The van der Waals surface area contributed by atoms with Crippen molar-refractivity contribution in [1.82, 2.24) is 4.90 Å².